The monoisotopic (exact) mass is 319 g/mol. The molecule has 0 atom stereocenters. The molecule has 4 aromatic rings. The van der Waals surface area contributed by atoms with Gasteiger partial charge in [0.1, 0.15) is 5.52 Å². The fourth-order valence-corrected chi connectivity index (χ4v) is 2.84. The summed E-state index contributed by atoms with van der Waals surface area (Å²) >= 11 is 6.21. The molecule has 0 aliphatic heterocycles. The predicted molar refractivity (Wildman–Crippen MR) is 94.6 cm³/mol. The smallest absolute Gasteiger partial charge is 0.227 e. The summed E-state index contributed by atoms with van der Waals surface area (Å²) < 4.78 is 5.93. The Balaban J connectivity index is 1.93. The zero-order valence-electron chi connectivity index (χ0n) is 12.6. The van der Waals surface area contributed by atoms with Gasteiger partial charge in [-0.1, -0.05) is 59.6 Å². The van der Waals surface area contributed by atoms with Crippen molar-refractivity contribution in [3.8, 4) is 22.6 Å². The molecule has 0 spiro atoms. The summed E-state index contributed by atoms with van der Waals surface area (Å²) in [6.45, 7) is 2.08. The van der Waals surface area contributed by atoms with Crippen LogP contribution in [0, 0.1) is 6.92 Å². The van der Waals surface area contributed by atoms with E-state index in [-0.39, 0.29) is 0 Å². The molecule has 112 valence electrons. The molecule has 2 nitrogen and oxygen atoms in total. The van der Waals surface area contributed by atoms with Gasteiger partial charge < -0.3 is 4.42 Å². The van der Waals surface area contributed by atoms with Crippen molar-refractivity contribution in [2.75, 3.05) is 0 Å². The maximum Gasteiger partial charge on any atom is 0.227 e. The SMILES string of the molecule is Cc1ccc(-c2ccc(Cl)cc2-c2nc3ccccc3o2)cc1. The Hall–Kier alpha value is -2.58. The van der Waals surface area contributed by atoms with Gasteiger partial charge >= 0.3 is 0 Å². The Morgan fingerprint density at radius 1 is 0.870 bits per heavy atom. The predicted octanol–water partition coefficient (Wildman–Crippen LogP) is 6.12. The van der Waals surface area contributed by atoms with Crippen LogP contribution in [0.3, 0.4) is 0 Å². The number of para-hydroxylation sites is 2. The Bertz CT molecular complexity index is 953. The third-order valence-electron chi connectivity index (χ3n) is 3.87. The first-order chi connectivity index (χ1) is 11.2. The Morgan fingerprint density at radius 2 is 1.65 bits per heavy atom. The third-order valence-corrected chi connectivity index (χ3v) is 4.10. The second kappa shape index (κ2) is 5.56. The maximum absolute atomic E-state index is 6.21. The first-order valence-electron chi connectivity index (χ1n) is 7.43. The molecule has 0 saturated heterocycles. The lowest BCUT2D eigenvalue weighted by molar-refractivity contribution is 0.620. The van der Waals surface area contributed by atoms with Crippen molar-refractivity contribution >= 4 is 22.7 Å². The van der Waals surface area contributed by atoms with Gasteiger partial charge in [0.15, 0.2) is 5.58 Å². The number of rotatable bonds is 2. The lowest BCUT2D eigenvalue weighted by atomic mass is 9.99. The average Bonchev–Trinajstić information content (AvgIpc) is 3.00. The molecule has 0 aliphatic rings. The highest BCUT2D eigenvalue weighted by molar-refractivity contribution is 6.31. The van der Waals surface area contributed by atoms with Gasteiger partial charge in [-0.05, 0) is 42.3 Å². The first-order valence-corrected chi connectivity index (χ1v) is 7.81. The summed E-state index contributed by atoms with van der Waals surface area (Å²) in [6, 6.07) is 22.0. The number of halogens is 1. The van der Waals surface area contributed by atoms with Crippen LogP contribution in [-0.2, 0) is 0 Å². The van der Waals surface area contributed by atoms with E-state index in [4.69, 9.17) is 16.0 Å². The van der Waals surface area contributed by atoms with Gasteiger partial charge in [-0.3, -0.25) is 0 Å². The summed E-state index contributed by atoms with van der Waals surface area (Å²) in [5.41, 5.74) is 5.92. The van der Waals surface area contributed by atoms with E-state index in [1.54, 1.807) is 0 Å². The number of aryl methyl sites for hydroxylation is 1. The van der Waals surface area contributed by atoms with Crippen molar-refractivity contribution < 1.29 is 4.42 Å². The highest BCUT2D eigenvalue weighted by Gasteiger charge is 2.14. The van der Waals surface area contributed by atoms with Crippen LogP contribution in [0.25, 0.3) is 33.7 Å². The van der Waals surface area contributed by atoms with Crippen LogP contribution in [0.4, 0.5) is 0 Å². The molecular formula is C20H14ClNO. The molecule has 1 aromatic heterocycles. The molecule has 0 unspecified atom stereocenters. The molecule has 0 amide bonds. The average molecular weight is 320 g/mol. The lowest BCUT2D eigenvalue weighted by Gasteiger charge is -2.08. The maximum atomic E-state index is 6.21. The molecule has 23 heavy (non-hydrogen) atoms. The minimum atomic E-state index is 0.587. The van der Waals surface area contributed by atoms with Gasteiger partial charge in [-0.25, -0.2) is 4.98 Å². The Morgan fingerprint density at radius 3 is 2.43 bits per heavy atom. The van der Waals surface area contributed by atoms with E-state index >= 15 is 0 Å². The second-order valence-corrected chi connectivity index (χ2v) is 5.98. The molecule has 0 aliphatic carbocycles. The fourth-order valence-electron chi connectivity index (χ4n) is 2.67. The molecule has 0 bridgehead atoms. The zero-order chi connectivity index (χ0) is 15.8. The van der Waals surface area contributed by atoms with Gasteiger partial charge in [0.25, 0.3) is 0 Å². The number of hydrogen-bond donors (Lipinski definition) is 0. The number of oxazole rings is 1. The summed E-state index contributed by atoms with van der Waals surface area (Å²) in [4.78, 5) is 4.60. The van der Waals surface area contributed by atoms with Crippen LogP contribution in [-0.4, -0.2) is 4.98 Å². The van der Waals surface area contributed by atoms with Crippen molar-refractivity contribution in [1.29, 1.82) is 0 Å². The van der Waals surface area contributed by atoms with E-state index in [0.29, 0.717) is 10.9 Å². The molecule has 0 fully saturated rings. The molecule has 3 heteroatoms. The number of hydrogen-bond acceptors (Lipinski definition) is 2. The van der Waals surface area contributed by atoms with Gasteiger partial charge in [0, 0.05) is 10.6 Å². The molecule has 0 N–H and O–H groups in total. The van der Waals surface area contributed by atoms with Gasteiger partial charge in [0.05, 0.1) is 0 Å². The van der Waals surface area contributed by atoms with E-state index < -0.39 is 0 Å². The van der Waals surface area contributed by atoms with Crippen molar-refractivity contribution in [3.63, 3.8) is 0 Å². The normalized spacial score (nSPS) is 11.0. The summed E-state index contributed by atoms with van der Waals surface area (Å²) in [5, 5.41) is 0.665. The van der Waals surface area contributed by atoms with Crippen molar-refractivity contribution in [2.45, 2.75) is 6.92 Å². The molecule has 1 heterocycles. The van der Waals surface area contributed by atoms with Crippen LogP contribution in [0.1, 0.15) is 5.56 Å². The third kappa shape index (κ3) is 2.62. The van der Waals surface area contributed by atoms with E-state index in [2.05, 4.69) is 36.2 Å². The van der Waals surface area contributed by atoms with Crippen molar-refractivity contribution in [3.05, 3.63) is 77.3 Å². The second-order valence-electron chi connectivity index (χ2n) is 5.54. The summed E-state index contributed by atoms with van der Waals surface area (Å²) in [6.07, 6.45) is 0. The minimum absolute atomic E-state index is 0.587. The quantitative estimate of drug-likeness (QED) is 0.444. The van der Waals surface area contributed by atoms with E-state index in [1.165, 1.54) is 5.56 Å². The Labute approximate surface area is 139 Å². The molecule has 0 radical (unpaired) electrons. The topological polar surface area (TPSA) is 26.0 Å². The standard InChI is InChI=1S/C20H14ClNO/c1-13-6-8-14(9-7-13)16-11-10-15(21)12-17(16)20-22-18-4-2-3-5-19(18)23-20/h2-12H,1H3. The van der Waals surface area contributed by atoms with Gasteiger partial charge in [0.2, 0.25) is 5.89 Å². The van der Waals surface area contributed by atoms with Crippen LogP contribution < -0.4 is 0 Å². The molecular weight excluding hydrogens is 306 g/mol. The Kier molecular flexibility index (Phi) is 3.40. The largest absolute Gasteiger partial charge is 0.436 e. The van der Waals surface area contributed by atoms with Crippen LogP contribution in [0.2, 0.25) is 5.02 Å². The zero-order valence-corrected chi connectivity index (χ0v) is 13.3. The highest BCUT2D eigenvalue weighted by Crippen LogP contribution is 2.35. The van der Waals surface area contributed by atoms with Gasteiger partial charge in [-0.2, -0.15) is 0 Å². The number of nitrogens with zero attached hydrogens (tertiary/aromatic N) is 1. The lowest BCUT2D eigenvalue weighted by Crippen LogP contribution is -1.86. The molecule has 4 rings (SSSR count). The number of benzene rings is 3. The van der Waals surface area contributed by atoms with Crippen molar-refractivity contribution in [2.24, 2.45) is 0 Å². The summed E-state index contributed by atoms with van der Waals surface area (Å²) in [7, 11) is 0. The van der Waals surface area contributed by atoms with Gasteiger partial charge in [-0.15, -0.1) is 0 Å². The van der Waals surface area contributed by atoms with E-state index in [1.807, 2.05) is 42.5 Å². The first kappa shape index (κ1) is 14.0. The van der Waals surface area contributed by atoms with Crippen LogP contribution in [0.5, 0.6) is 0 Å². The van der Waals surface area contributed by atoms with E-state index in [0.717, 1.165) is 27.8 Å². The number of aromatic nitrogens is 1. The van der Waals surface area contributed by atoms with Crippen LogP contribution >= 0.6 is 11.6 Å². The fraction of sp³-hybridized carbons (Fsp3) is 0.0500. The highest BCUT2D eigenvalue weighted by atomic mass is 35.5. The van der Waals surface area contributed by atoms with E-state index in [9.17, 15) is 0 Å². The molecule has 3 aromatic carbocycles. The van der Waals surface area contributed by atoms with Crippen molar-refractivity contribution in [1.82, 2.24) is 4.98 Å². The number of fused-ring (bicyclic) bond motifs is 1. The van der Waals surface area contributed by atoms with Crippen LogP contribution in [0.15, 0.2) is 71.1 Å². The minimum Gasteiger partial charge on any atom is -0.436 e. The summed E-state index contributed by atoms with van der Waals surface area (Å²) in [5.74, 6) is 0.587. The molecule has 0 saturated carbocycles.